The van der Waals surface area contributed by atoms with Crippen molar-refractivity contribution in [2.24, 2.45) is 0 Å². The van der Waals surface area contributed by atoms with Crippen LogP contribution in [0.4, 0.5) is 5.82 Å². The van der Waals surface area contributed by atoms with Gasteiger partial charge in [0.2, 0.25) is 0 Å². The van der Waals surface area contributed by atoms with Crippen LogP contribution in [0.3, 0.4) is 0 Å². The third kappa shape index (κ3) is 6.20. The van der Waals surface area contributed by atoms with E-state index in [0.717, 1.165) is 12.0 Å². The van der Waals surface area contributed by atoms with E-state index in [0.29, 0.717) is 48.3 Å². The molecule has 3 rings (SSSR count). The number of ether oxygens (including phenoxy) is 3. The first-order valence-corrected chi connectivity index (χ1v) is 10.1. The molecule has 0 aliphatic carbocycles. The highest BCUT2D eigenvalue weighted by atomic mass is 16.5. The number of aromatic nitrogens is 1. The number of anilines is 1. The molecule has 7 nitrogen and oxygen atoms in total. The summed E-state index contributed by atoms with van der Waals surface area (Å²) < 4.78 is 16.7. The fourth-order valence-corrected chi connectivity index (χ4v) is 2.88. The molecule has 0 aliphatic heterocycles. The number of carbonyl (C=O) groups excluding carboxylic acids is 1. The van der Waals surface area contributed by atoms with E-state index < -0.39 is 0 Å². The number of nitrogen functional groups attached to an aromatic ring is 1. The maximum absolute atomic E-state index is 12.4. The molecule has 3 N–H and O–H groups in total. The van der Waals surface area contributed by atoms with E-state index in [1.807, 2.05) is 48.5 Å². The molecule has 0 saturated carbocycles. The van der Waals surface area contributed by atoms with Gasteiger partial charge in [-0.3, -0.25) is 4.79 Å². The third-order valence-corrected chi connectivity index (χ3v) is 4.43. The number of nitrogens with zero attached hydrogens (tertiary/aromatic N) is 1. The zero-order valence-electron chi connectivity index (χ0n) is 17.8. The first-order valence-electron chi connectivity index (χ1n) is 10.1. The number of amides is 1. The standard InChI is InChI=1S/C24H27N3O4/c1-3-14-30-21-6-4-5-7-22(21)31-19-11-8-17(9-12-19)15-26-24(28)20-13-10-18(16-29-2)27-23(20)25/h4-13H,3,14-16H2,1-2H3,(H2,25,27)(H,26,28). The van der Waals surface area contributed by atoms with Gasteiger partial charge in [0.05, 0.1) is 24.5 Å². The van der Waals surface area contributed by atoms with Gasteiger partial charge in [-0.15, -0.1) is 0 Å². The zero-order valence-corrected chi connectivity index (χ0v) is 17.8. The van der Waals surface area contributed by atoms with Crippen LogP contribution in [-0.2, 0) is 17.9 Å². The molecule has 3 aromatic rings. The van der Waals surface area contributed by atoms with Gasteiger partial charge in [-0.2, -0.15) is 0 Å². The third-order valence-electron chi connectivity index (χ3n) is 4.43. The maximum Gasteiger partial charge on any atom is 0.255 e. The number of pyridine rings is 1. The van der Waals surface area contributed by atoms with E-state index in [4.69, 9.17) is 19.9 Å². The average molecular weight is 421 g/mol. The monoisotopic (exact) mass is 421 g/mol. The fourth-order valence-electron chi connectivity index (χ4n) is 2.88. The molecule has 0 radical (unpaired) electrons. The van der Waals surface area contributed by atoms with E-state index in [2.05, 4.69) is 17.2 Å². The Hall–Kier alpha value is -3.58. The molecule has 31 heavy (non-hydrogen) atoms. The second-order valence-electron chi connectivity index (χ2n) is 6.89. The Morgan fingerprint density at radius 3 is 2.45 bits per heavy atom. The van der Waals surface area contributed by atoms with Crippen LogP contribution >= 0.6 is 0 Å². The molecule has 1 amide bonds. The molecule has 0 unspecified atom stereocenters. The van der Waals surface area contributed by atoms with Crippen LogP contribution in [0.25, 0.3) is 0 Å². The number of hydrogen-bond donors (Lipinski definition) is 2. The predicted molar refractivity (Wildman–Crippen MR) is 119 cm³/mol. The quantitative estimate of drug-likeness (QED) is 0.506. The van der Waals surface area contributed by atoms with Crippen molar-refractivity contribution in [1.29, 1.82) is 0 Å². The Bertz CT molecular complexity index is 1010. The number of carbonyl (C=O) groups is 1. The van der Waals surface area contributed by atoms with Gasteiger partial charge >= 0.3 is 0 Å². The number of nitrogens with two attached hydrogens (primary N) is 1. The van der Waals surface area contributed by atoms with E-state index in [1.165, 1.54) is 0 Å². The minimum Gasteiger partial charge on any atom is -0.490 e. The van der Waals surface area contributed by atoms with Crippen molar-refractivity contribution in [2.45, 2.75) is 26.5 Å². The van der Waals surface area contributed by atoms with E-state index in [1.54, 1.807) is 19.2 Å². The molecule has 0 spiro atoms. The van der Waals surface area contributed by atoms with Crippen molar-refractivity contribution in [3.05, 3.63) is 77.5 Å². The highest BCUT2D eigenvalue weighted by Crippen LogP contribution is 2.31. The molecular weight excluding hydrogens is 394 g/mol. The molecule has 7 heteroatoms. The van der Waals surface area contributed by atoms with Crippen molar-refractivity contribution < 1.29 is 19.0 Å². The predicted octanol–water partition coefficient (Wildman–Crippen LogP) is 4.32. The minimum absolute atomic E-state index is 0.180. The average Bonchev–Trinajstić information content (AvgIpc) is 2.78. The number of benzene rings is 2. The van der Waals surface area contributed by atoms with Crippen LogP contribution in [0, 0.1) is 0 Å². The van der Waals surface area contributed by atoms with Gasteiger partial charge in [0.15, 0.2) is 11.5 Å². The van der Waals surface area contributed by atoms with E-state index in [-0.39, 0.29) is 11.7 Å². The highest BCUT2D eigenvalue weighted by Gasteiger charge is 2.12. The summed E-state index contributed by atoms with van der Waals surface area (Å²) in [4.78, 5) is 16.6. The largest absolute Gasteiger partial charge is 0.490 e. The number of rotatable bonds is 10. The van der Waals surface area contributed by atoms with Crippen LogP contribution in [0.15, 0.2) is 60.7 Å². The molecule has 0 aliphatic rings. The van der Waals surface area contributed by atoms with Crippen LogP contribution < -0.4 is 20.5 Å². The van der Waals surface area contributed by atoms with Crippen LogP contribution in [0.2, 0.25) is 0 Å². The van der Waals surface area contributed by atoms with Crippen molar-refractivity contribution >= 4 is 11.7 Å². The van der Waals surface area contributed by atoms with Gasteiger partial charge in [-0.1, -0.05) is 31.2 Å². The molecule has 0 saturated heterocycles. The summed E-state index contributed by atoms with van der Waals surface area (Å²) in [6.07, 6.45) is 0.924. The van der Waals surface area contributed by atoms with Gasteiger partial charge in [-0.05, 0) is 48.4 Å². The summed E-state index contributed by atoms with van der Waals surface area (Å²) in [7, 11) is 1.58. The lowest BCUT2D eigenvalue weighted by Gasteiger charge is -2.12. The van der Waals surface area contributed by atoms with Gasteiger partial charge in [0.1, 0.15) is 11.6 Å². The summed E-state index contributed by atoms with van der Waals surface area (Å²) in [5.74, 6) is 1.96. The fraction of sp³-hybridized carbons (Fsp3) is 0.250. The van der Waals surface area contributed by atoms with Gasteiger partial charge in [-0.25, -0.2) is 4.98 Å². The molecular formula is C24H27N3O4. The Balaban J connectivity index is 1.58. The Labute approximate surface area is 182 Å². The number of nitrogens with one attached hydrogen (secondary N) is 1. The summed E-state index contributed by atoms with van der Waals surface area (Å²) in [6, 6.07) is 18.5. The van der Waals surface area contributed by atoms with Gasteiger partial charge in [0.25, 0.3) is 5.91 Å². The summed E-state index contributed by atoms with van der Waals surface area (Å²) in [6.45, 7) is 3.39. The van der Waals surface area contributed by atoms with Crippen LogP contribution in [0.5, 0.6) is 17.2 Å². The van der Waals surface area contributed by atoms with Crippen molar-refractivity contribution in [2.75, 3.05) is 19.5 Å². The molecule has 0 bridgehead atoms. The Morgan fingerprint density at radius 2 is 1.77 bits per heavy atom. The lowest BCUT2D eigenvalue weighted by Crippen LogP contribution is -2.24. The van der Waals surface area contributed by atoms with Gasteiger partial charge < -0.3 is 25.3 Å². The topological polar surface area (TPSA) is 95.7 Å². The molecule has 1 aromatic heterocycles. The molecule has 1 heterocycles. The van der Waals surface area contributed by atoms with Crippen molar-refractivity contribution in [1.82, 2.24) is 10.3 Å². The summed E-state index contributed by atoms with van der Waals surface area (Å²) >= 11 is 0. The molecule has 162 valence electrons. The minimum atomic E-state index is -0.281. The lowest BCUT2D eigenvalue weighted by atomic mass is 10.2. The Kier molecular flexibility index (Phi) is 7.84. The normalized spacial score (nSPS) is 10.5. The number of para-hydroxylation sites is 2. The first-order chi connectivity index (χ1) is 15.1. The van der Waals surface area contributed by atoms with Crippen molar-refractivity contribution in [3.8, 4) is 17.2 Å². The SMILES string of the molecule is CCCOc1ccccc1Oc1ccc(CNC(=O)c2ccc(COC)nc2N)cc1. The second-order valence-corrected chi connectivity index (χ2v) is 6.89. The van der Waals surface area contributed by atoms with Crippen molar-refractivity contribution in [3.63, 3.8) is 0 Å². The molecule has 2 aromatic carbocycles. The number of hydrogen-bond acceptors (Lipinski definition) is 6. The summed E-state index contributed by atoms with van der Waals surface area (Å²) in [5, 5.41) is 2.86. The highest BCUT2D eigenvalue weighted by molar-refractivity contribution is 5.98. The molecule has 0 atom stereocenters. The first kappa shape index (κ1) is 22.1. The van der Waals surface area contributed by atoms with E-state index >= 15 is 0 Å². The maximum atomic E-state index is 12.4. The zero-order chi connectivity index (χ0) is 22.1. The smallest absolute Gasteiger partial charge is 0.255 e. The van der Waals surface area contributed by atoms with E-state index in [9.17, 15) is 4.79 Å². The number of methoxy groups -OCH3 is 1. The second kappa shape index (κ2) is 11.0. The Morgan fingerprint density at radius 1 is 1.03 bits per heavy atom. The summed E-state index contributed by atoms with van der Waals surface area (Å²) in [5.41, 5.74) is 7.84. The van der Waals surface area contributed by atoms with Crippen LogP contribution in [0.1, 0.15) is 35.0 Å². The lowest BCUT2D eigenvalue weighted by molar-refractivity contribution is 0.0951. The van der Waals surface area contributed by atoms with Gasteiger partial charge in [0, 0.05) is 13.7 Å². The van der Waals surface area contributed by atoms with Crippen LogP contribution in [-0.4, -0.2) is 24.6 Å². The molecule has 0 fully saturated rings.